The van der Waals surface area contributed by atoms with Crippen LogP contribution in [0.4, 0.5) is 5.69 Å². The van der Waals surface area contributed by atoms with E-state index < -0.39 is 11.0 Å². The van der Waals surface area contributed by atoms with Crippen LogP contribution in [-0.4, -0.2) is 35.7 Å². The van der Waals surface area contributed by atoms with Gasteiger partial charge in [0.05, 0.1) is 24.0 Å². The fourth-order valence-electron chi connectivity index (χ4n) is 1.12. The number of nitro groups is 1. The molecule has 1 aromatic rings. The van der Waals surface area contributed by atoms with Crippen molar-refractivity contribution in [3.63, 3.8) is 0 Å². The quantitative estimate of drug-likeness (QED) is 0.478. The normalized spacial score (nSPS) is 11.9. The van der Waals surface area contributed by atoms with E-state index in [-0.39, 0.29) is 23.9 Å². The number of rotatable bonds is 6. The second-order valence-corrected chi connectivity index (χ2v) is 3.52. The Hall–Kier alpha value is -1.53. The SMILES string of the molecule is COc1ccc([N+](=O)[O-])cc1OCC(O)CCl. The van der Waals surface area contributed by atoms with Gasteiger partial charge in [0.15, 0.2) is 11.5 Å². The highest BCUT2D eigenvalue weighted by Crippen LogP contribution is 2.31. The number of nitro benzene ring substituents is 1. The molecule has 0 aromatic heterocycles. The molecule has 1 aromatic carbocycles. The van der Waals surface area contributed by atoms with Gasteiger partial charge in [0.2, 0.25) is 0 Å². The molecule has 1 rings (SSSR count). The van der Waals surface area contributed by atoms with Crippen LogP contribution >= 0.6 is 11.6 Å². The summed E-state index contributed by atoms with van der Waals surface area (Å²) < 4.78 is 10.2. The number of aliphatic hydroxyl groups is 1. The summed E-state index contributed by atoms with van der Waals surface area (Å²) in [5, 5.41) is 19.8. The Labute approximate surface area is 103 Å². The third kappa shape index (κ3) is 3.76. The molecule has 1 atom stereocenters. The van der Waals surface area contributed by atoms with E-state index in [0.29, 0.717) is 5.75 Å². The topological polar surface area (TPSA) is 81.8 Å². The first kappa shape index (κ1) is 13.5. The zero-order chi connectivity index (χ0) is 12.8. The van der Waals surface area contributed by atoms with Crippen molar-refractivity contribution >= 4 is 17.3 Å². The molecule has 0 aliphatic rings. The molecule has 0 bridgehead atoms. The Morgan fingerprint density at radius 1 is 1.53 bits per heavy atom. The minimum Gasteiger partial charge on any atom is -0.493 e. The Morgan fingerprint density at radius 2 is 2.24 bits per heavy atom. The molecule has 7 heteroatoms. The van der Waals surface area contributed by atoms with Gasteiger partial charge < -0.3 is 14.6 Å². The number of hydrogen-bond donors (Lipinski definition) is 1. The molecule has 0 aliphatic carbocycles. The maximum atomic E-state index is 10.6. The molecule has 1 N–H and O–H groups in total. The molecular weight excluding hydrogens is 250 g/mol. The Bertz CT molecular complexity index is 398. The van der Waals surface area contributed by atoms with Crippen LogP contribution in [0, 0.1) is 10.1 Å². The van der Waals surface area contributed by atoms with Crippen molar-refractivity contribution in [3.05, 3.63) is 28.3 Å². The summed E-state index contributed by atoms with van der Waals surface area (Å²) >= 11 is 5.40. The molecular formula is C10H12ClNO5. The molecule has 0 fully saturated rings. The van der Waals surface area contributed by atoms with Crippen LogP contribution in [0.15, 0.2) is 18.2 Å². The second kappa shape index (κ2) is 6.27. The minimum atomic E-state index is -0.833. The second-order valence-electron chi connectivity index (χ2n) is 3.21. The summed E-state index contributed by atoms with van der Waals surface area (Å²) in [6, 6.07) is 3.98. The van der Waals surface area contributed by atoms with Crippen LogP contribution in [0.25, 0.3) is 0 Å². The lowest BCUT2D eigenvalue weighted by Crippen LogP contribution is -2.19. The van der Waals surface area contributed by atoms with Gasteiger partial charge in [0.25, 0.3) is 5.69 Å². The molecule has 0 aliphatic heterocycles. The molecule has 0 saturated carbocycles. The lowest BCUT2D eigenvalue weighted by molar-refractivity contribution is -0.385. The number of hydrogen-bond acceptors (Lipinski definition) is 5. The van der Waals surface area contributed by atoms with Crippen LogP contribution in [-0.2, 0) is 0 Å². The van der Waals surface area contributed by atoms with Gasteiger partial charge in [-0.15, -0.1) is 11.6 Å². The van der Waals surface area contributed by atoms with Gasteiger partial charge in [0.1, 0.15) is 12.7 Å². The molecule has 6 nitrogen and oxygen atoms in total. The first-order chi connectivity index (χ1) is 8.08. The Morgan fingerprint density at radius 3 is 2.76 bits per heavy atom. The van der Waals surface area contributed by atoms with Crippen LogP contribution < -0.4 is 9.47 Å². The number of ether oxygens (including phenoxy) is 2. The highest BCUT2D eigenvalue weighted by molar-refractivity contribution is 6.18. The molecule has 1 unspecified atom stereocenters. The summed E-state index contributed by atoms with van der Waals surface area (Å²) in [4.78, 5) is 10.0. The number of aliphatic hydroxyl groups excluding tert-OH is 1. The van der Waals surface area contributed by atoms with Crippen molar-refractivity contribution in [2.75, 3.05) is 19.6 Å². The molecule has 94 valence electrons. The molecule has 0 amide bonds. The average Bonchev–Trinajstić information content (AvgIpc) is 2.35. The first-order valence-corrected chi connectivity index (χ1v) is 5.31. The van der Waals surface area contributed by atoms with Gasteiger partial charge in [0, 0.05) is 6.07 Å². The summed E-state index contributed by atoms with van der Waals surface area (Å²) in [6.45, 7) is -0.0545. The van der Waals surface area contributed by atoms with Crippen molar-refractivity contribution < 1.29 is 19.5 Å². The van der Waals surface area contributed by atoms with E-state index in [9.17, 15) is 15.2 Å². The summed E-state index contributed by atoms with van der Waals surface area (Å²) in [5.74, 6) is 0.584. The van der Waals surface area contributed by atoms with Crippen LogP contribution in [0.2, 0.25) is 0 Å². The molecule has 0 radical (unpaired) electrons. The van der Waals surface area contributed by atoms with Gasteiger partial charge >= 0.3 is 0 Å². The average molecular weight is 262 g/mol. The smallest absolute Gasteiger partial charge is 0.273 e. The largest absolute Gasteiger partial charge is 0.493 e. The van der Waals surface area contributed by atoms with E-state index in [2.05, 4.69) is 0 Å². The Kier molecular flexibility index (Phi) is 4.99. The number of alkyl halides is 1. The predicted octanol–water partition coefficient (Wildman–Crippen LogP) is 1.58. The zero-order valence-corrected chi connectivity index (χ0v) is 9.88. The highest BCUT2D eigenvalue weighted by Gasteiger charge is 2.13. The maximum absolute atomic E-state index is 10.6. The van der Waals surface area contributed by atoms with Gasteiger partial charge in [-0.2, -0.15) is 0 Å². The van der Waals surface area contributed by atoms with Crippen molar-refractivity contribution in [3.8, 4) is 11.5 Å². The van der Waals surface area contributed by atoms with Crippen LogP contribution in [0.3, 0.4) is 0 Å². The monoisotopic (exact) mass is 261 g/mol. The van der Waals surface area contributed by atoms with Gasteiger partial charge in [-0.25, -0.2) is 0 Å². The van der Waals surface area contributed by atoms with Crippen LogP contribution in [0.1, 0.15) is 0 Å². The summed E-state index contributed by atoms with van der Waals surface area (Å²) in [5.41, 5.74) is -0.110. The molecule has 0 spiro atoms. The zero-order valence-electron chi connectivity index (χ0n) is 9.13. The highest BCUT2D eigenvalue weighted by atomic mass is 35.5. The number of methoxy groups -OCH3 is 1. The van der Waals surface area contributed by atoms with Gasteiger partial charge in [-0.05, 0) is 6.07 Å². The fraction of sp³-hybridized carbons (Fsp3) is 0.400. The molecule has 17 heavy (non-hydrogen) atoms. The number of nitrogens with zero attached hydrogens (tertiary/aromatic N) is 1. The summed E-state index contributed by atoms with van der Waals surface area (Å²) in [7, 11) is 1.42. The molecule has 0 heterocycles. The lowest BCUT2D eigenvalue weighted by Gasteiger charge is -2.12. The predicted molar refractivity (Wildman–Crippen MR) is 61.9 cm³/mol. The van der Waals surface area contributed by atoms with Crippen molar-refractivity contribution in [2.24, 2.45) is 0 Å². The van der Waals surface area contributed by atoms with E-state index in [1.807, 2.05) is 0 Å². The summed E-state index contributed by atoms with van der Waals surface area (Å²) in [6.07, 6.45) is -0.833. The lowest BCUT2D eigenvalue weighted by atomic mass is 10.3. The van der Waals surface area contributed by atoms with Gasteiger partial charge in [-0.3, -0.25) is 10.1 Å². The van der Waals surface area contributed by atoms with E-state index in [1.54, 1.807) is 0 Å². The van der Waals surface area contributed by atoms with E-state index >= 15 is 0 Å². The third-order valence-electron chi connectivity index (χ3n) is 1.97. The number of benzene rings is 1. The van der Waals surface area contributed by atoms with E-state index in [1.165, 1.54) is 25.3 Å². The standard InChI is InChI=1S/C10H12ClNO5/c1-16-9-3-2-7(12(14)15)4-10(9)17-6-8(13)5-11/h2-4,8,13H,5-6H2,1H3. The Balaban J connectivity index is 2.86. The first-order valence-electron chi connectivity index (χ1n) is 4.77. The minimum absolute atomic E-state index is 0.0250. The van der Waals surface area contributed by atoms with E-state index in [0.717, 1.165) is 0 Å². The fourth-order valence-corrected chi connectivity index (χ4v) is 1.21. The maximum Gasteiger partial charge on any atom is 0.273 e. The van der Waals surface area contributed by atoms with Gasteiger partial charge in [-0.1, -0.05) is 0 Å². The van der Waals surface area contributed by atoms with Crippen molar-refractivity contribution in [1.29, 1.82) is 0 Å². The van der Waals surface area contributed by atoms with Crippen molar-refractivity contribution in [2.45, 2.75) is 6.10 Å². The van der Waals surface area contributed by atoms with Crippen molar-refractivity contribution in [1.82, 2.24) is 0 Å². The molecule has 0 saturated heterocycles. The third-order valence-corrected chi connectivity index (χ3v) is 2.32. The number of non-ortho nitro benzene ring substituents is 1. The van der Waals surface area contributed by atoms with E-state index in [4.69, 9.17) is 21.1 Å². The van der Waals surface area contributed by atoms with Crippen LogP contribution in [0.5, 0.6) is 11.5 Å². The number of halogens is 1.